The minimum absolute atomic E-state index is 0.115. The Labute approximate surface area is 105 Å². The highest BCUT2D eigenvalue weighted by atomic mass is 32.2. The fourth-order valence-electron chi connectivity index (χ4n) is 1.11. The zero-order valence-corrected chi connectivity index (χ0v) is 11.1. The molecule has 1 aromatic carbocycles. The maximum atomic E-state index is 10.7. The quantitative estimate of drug-likeness (QED) is 0.604. The Bertz CT molecular complexity index is 415. The van der Waals surface area contributed by atoms with Gasteiger partial charge in [0.25, 0.3) is 0 Å². The minimum atomic E-state index is 0.115. The van der Waals surface area contributed by atoms with Crippen molar-refractivity contribution < 1.29 is 4.79 Å². The van der Waals surface area contributed by atoms with Crippen LogP contribution < -0.4 is 0 Å². The van der Waals surface area contributed by atoms with Crippen LogP contribution >= 0.6 is 23.5 Å². The zero-order chi connectivity index (χ0) is 11.8. The lowest BCUT2D eigenvalue weighted by molar-refractivity contribution is -0.109. The lowest BCUT2D eigenvalue weighted by atomic mass is 10.2. The third-order valence-electron chi connectivity index (χ3n) is 1.73. The van der Waals surface area contributed by atoms with Crippen LogP contribution in [0.25, 0.3) is 0 Å². The number of carbonyl (C=O) groups is 1. The molecule has 1 rings (SSSR count). The molecule has 0 bridgehead atoms. The van der Waals surface area contributed by atoms with Gasteiger partial charge in [0, 0.05) is 17.4 Å². The highest BCUT2D eigenvalue weighted by Gasteiger charge is 1.93. The number of rotatable bonds is 3. The molecule has 0 fully saturated rings. The summed E-state index contributed by atoms with van der Waals surface area (Å²) in [6.45, 7) is 3.69. The molecule has 0 N–H and O–H groups in total. The summed E-state index contributed by atoms with van der Waals surface area (Å²) in [5.41, 5.74) is 1.02. The Hall–Kier alpha value is -0.850. The molecule has 0 aliphatic carbocycles. The molecule has 84 valence electrons. The van der Waals surface area contributed by atoms with Gasteiger partial charge in [-0.05, 0) is 24.0 Å². The van der Waals surface area contributed by atoms with Gasteiger partial charge in [0.15, 0.2) is 5.12 Å². The van der Waals surface area contributed by atoms with Crippen molar-refractivity contribution in [3.63, 3.8) is 0 Å². The molecule has 0 unspecified atom stereocenters. The maximum absolute atomic E-state index is 10.7. The summed E-state index contributed by atoms with van der Waals surface area (Å²) in [5.74, 6) is 7.68. The first-order valence-corrected chi connectivity index (χ1v) is 7.04. The molecule has 0 radical (unpaired) electrons. The van der Waals surface area contributed by atoms with E-state index in [0.29, 0.717) is 5.75 Å². The third-order valence-corrected chi connectivity index (χ3v) is 3.30. The molecule has 0 atom stereocenters. The Morgan fingerprint density at radius 3 is 2.94 bits per heavy atom. The number of thioether (sulfide) groups is 2. The second kappa shape index (κ2) is 7.43. The van der Waals surface area contributed by atoms with Crippen molar-refractivity contribution >= 4 is 28.6 Å². The Kier molecular flexibility index (Phi) is 6.14. The number of hydrogen-bond donors (Lipinski definition) is 0. The van der Waals surface area contributed by atoms with Crippen molar-refractivity contribution in [1.29, 1.82) is 0 Å². The Morgan fingerprint density at radius 1 is 1.44 bits per heavy atom. The summed E-state index contributed by atoms with van der Waals surface area (Å²) in [6, 6.07) is 8.18. The molecule has 0 heterocycles. The molecular weight excluding hydrogens is 236 g/mol. The van der Waals surface area contributed by atoms with Gasteiger partial charge in [-0.15, -0.1) is 11.8 Å². The monoisotopic (exact) mass is 250 g/mol. The van der Waals surface area contributed by atoms with E-state index in [1.165, 1.54) is 16.7 Å². The van der Waals surface area contributed by atoms with E-state index >= 15 is 0 Å². The topological polar surface area (TPSA) is 17.1 Å². The van der Waals surface area contributed by atoms with Gasteiger partial charge in [-0.2, -0.15) is 0 Å². The van der Waals surface area contributed by atoms with Crippen LogP contribution in [0.5, 0.6) is 0 Å². The average Bonchev–Trinajstić information content (AvgIpc) is 2.25. The predicted molar refractivity (Wildman–Crippen MR) is 72.9 cm³/mol. The predicted octanol–water partition coefficient (Wildman–Crippen LogP) is 3.43. The molecule has 16 heavy (non-hydrogen) atoms. The van der Waals surface area contributed by atoms with Gasteiger partial charge in [0.05, 0.1) is 5.75 Å². The largest absolute Gasteiger partial charge is 0.288 e. The second-order valence-corrected chi connectivity index (χ2v) is 5.53. The molecule has 0 aliphatic rings. The van der Waals surface area contributed by atoms with Crippen molar-refractivity contribution in [2.75, 3.05) is 11.5 Å². The summed E-state index contributed by atoms with van der Waals surface area (Å²) < 4.78 is 0. The van der Waals surface area contributed by atoms with E-state index in [0.717, 1.165) is 11.3 Å². The second-order valence-electron chi connectivity index (χ2n) is 3.04. The van der Waals surface area contributed by atoms with Gasteiger partial charge in [0.2, 0.25) is 0 Å². The van der Waals surface area contributed by atoms with Crippen LogP contribution in [0.4, 0.5) is 0 Å². The first kappa shape index (κ1) is 13.2. The van der Waals surface area contributed by atoms with E-state index in [1.54, 1.807) is 18.7 Å². The van der Waals surface area contributed by atoms with Crippen molar-refractivity contribution in [1.82, 2.24) is 0 Å². The number of carbonyl (C=O) groups excluding carboxylic acids is 1. The zero-order valence-electron chi connectivity index (χ0n) is 9.45. The first-order chi connectivity index (χ1) is 7.72. The van der Waals surface area contributed by atoms with Gasteiger partial charge in [-0.1, -0.05) is 36.6 Å². The van der Waals surface area contributed by atoms with Gasteiger partial charge in [-0.3, -0.25) is 4.79 Å². The van der Waals surface area contributed by atoms with Crippen molar-refractivity contribution in [3.05, 3.63) is 29.8 Å². The normalized spacial score (nSPS) is 9.38. The van der Waals surface area contributed by atoms with Crippen molar-refractivity contribution in [3.8, 4) is 11.8 Å². The van der Waals surface area contributed by atoms with Crippen LogP contribution in [-0.2, 0) is 4.79 Å². The molecule has 0 aliphatic heterocycles. The standard InChI is InChI=1S/C13H14OS2/c1-3-15-13-8-4-6-12(10-13)7-5-9-16-11(2)14/h4,6,8,10H,3,9H2,1-2H3. The lowest BCUT2D eigenvalue weighted by Gasteiger charge is -1.97. The molecule has 0 amide bonds. The van der Waals surface area contributed by atoms with Gasteiger partial charge in [-0.25, -0.2) is 0 Å². The molecule has 1 nitrogen and oxygen atoms in total. The summed E-state index contributed by atoms with van der Waals surface area (Å²) >= 11 is 3.05. The lowest BCUT2D eigenvalue weighted by Crippen LogP contribution is -1.82. The minimum Gasteiger partial charge on any atom is -0.288 e. The van der Waals surface area contributed by atoms with E-state index in [1.807, 2.05) is 12.1 Å². The molecule has 0 saturated heterocycles. The van der Waals surface area contributed by atoms with Gasteiger partial charge >= 0.3 is 0 Å². The number of benzene rings is 1. The van der Waals surface area contributed by atoms with Crippen molar-refractivity contribution in [2.45, 2.75) is 18.7 Å². The molecule has 0 aromatic heterocycles. The summed E-state index contributed by atoms with van der Waals surface area (Å²) in [6.07, 6.45) is 0. The molecular formula is C13H14OS2. The summed E-state index contributed by atoms with van der Waals surface area (Å²) in [7, 11) is 0. The Morgan fingerprint density at radius 2 is 2.25 bits per heavy atom. The van der Waals surface area contributed by atoms with Crippen LogP contribution in [0.15, 0.2) is 29.2 Å². The highest BCUT2D eigenvalue weighted by Crippen LogP contribution is 2.17. The molecule has 1 aromatic rings. The van der Waals surface area contributed by atoms with E-state index in [2.05, 4.69) is 30.9 Å². The number of hydrogen-bond acceptors (Lipinski definition) is 3. The summed E-state index contributed by atoms with van der Waals surface area (Å²) in [5, 5.41) is 0.115. The first-order valence-electron chi connectivity index (χ1n) is 5.07. The van der Waals surface area contributed by atoms with Crippen LogP contribution in [0.2, 0.25) is 0 Å². The van der Waals surface area contributed by atoms with Crippen LogP contribution in [-0.4, -0.2) is 16.6 Å². The van der Waals surface area contributed by atoms with Crippen LogP contribution in [0.3, 0.4) is 0 Å². The molecule has 0 spiro atoms. The fraction of sp³-hybridized carbons (Fsp3) is 0.308. The van der Waals surface area contributed by atoms with E-state index in [4.69, 9.17) is 0 Å². The van der Waals surface area contributed by atoms with Crippen molar-refractivity contribution in [2.24, 2.45) is 0 Å². The Balaban J connectivity index is 2.58. The van der Waals surface area contributed by atoms with E-state index in [9.17, 15) is 4.79 Å². The van der Waals surface area contributed by atoms with E-state index in [-0.39, 0.29) is 5.12 Å². The third kappa shape index (κ3) is 5.29. The molecule has 0 saturated carbocycles. The highest BCUT2D eigenvalue weighted by molar-refractivity contribution is 8.13. The smallest absolute Gasteiger partial charge is 0.186 e. The van der Waals surface area contributed by atoms with E-state index < -0.39 is 0 Å². The van der Waals surface area contributed by atoms with Gasteiger partial charge in [0.1, 0.15) is 0 Å². The fourth-order valence-corrected chi connectivity index (χ4v) is 2.17. The average molecular weight is 250 g/mol. The SMILES string of the molecule is CCSc1cccc(C#CCSC(C)=O)c1. The maximum Gasteiger partial charge on any atom is 0.186 e. The van der Waals surface area contributed by atoms with Crippen LogP contribution in [0.1, 0.15) is 19.4 Å². The molecule has 3 heteroatoms. The summed E-state index contributed by atoms with van der Waals surface area (Å²) in [4.78, 5) is 11.9. The van der Waals surface area contributed by atoms with Crippen LogP contribution in [0, 0.1) is 11.8 Å². The van der Waals surface area contributed by atoms with Gasteiger partial charge < -0.3 is 0 Å².